The van der Waals surface area contributed by atoms with Crippen molar-refractivity contribution in [2.75, 3.05) is 6.54 Å². The van der Waals surface area contributed by atoms with E-state index < -0.39 is 0 Å². The molecule has 0 saturated carbocycles. The van der Waals surface area contributed by atoms with Gasteiger partial charge in [0.15, 0.2) is 0 Å². The van der Waals surface area contributed by atoms with Crippen LogP contribution in [0.4, 0.5) is 0 Å². The Kier molecular flexibility index (Phi) is 3.11. The van der Waals surface area contributed by atoms with Gasteiger partial charge in [0.2, 0.25) is 0 Å². The highest BCUT2D eigenvalue weighted by atomic mass is 14.9. The summed E-state index contributed by atoms with van der Waals surface area (Å²) in [5.74, 6) is 0.378. The number of nitrogens with zero attached hydrogens (tertiary/aromatic N) is 1. The highest BCUT2D eigenvalue weighted by molar-refractivity contribution is 5.84. The summed E-state index contributed by atoms with van der Waals surface area (Å²) in [6, 6.07) is 8.45. The van der Waals surface area contributed by atoms with Crippen LogP contribution in [-0.4, -0.2) is 11.1 Å². The van der Waals surface area contributed by atoms with Crippen molar-refractivity contribution < 1.29 is 0 Å². The lowest BCUT2D eigenvalue weighted by Gasteiger charge is -2.11. The zero-order valence-electron chi connectivity index (χ0n) is 9.69. The molecule has 0 aliphatic rings. The van der Waals surface area contributed by atoms with E-state index in [1.54, 1.807) is 0 Å². The maximum atomic E-state index is 5.83. The zero-order valence-corrected chi connectivity index (χ0v) is 9.69. The maximum absolute atomic E-state index is 5.83. The summed E-state index contributed by atoms with van der Waals surface area (Å²) in [4.78, 5) is 0. The second-order valence-corrected chi connectivity index (χ2v) is 4.17. The minimum Gasteiger partial charge on any atom is -0.350 e. The highest BCUT2D eigenvalue weighted by Gasteiger charge is 2.14. The quantitative estimate of drug-likeness (QED) is 0.779. The molecule has 0 radical (unpaired) electrons. The van der Waals surface area contributed by atoms with Crippen LogP contribution in [0.5, 0.6) is 0 Å². The molecule has 2 heteroatoms. The number of nitrogens with two attached hydrogens (primary N) is 1. The van der Waals surface area contributed by atoms with Crippen LogP contribution in [0, 0.1) is 0 Å². The summed E-state index contributed by atoms with van der Waals surface area (Å²) >= 11 is 0. The molecule has 2 nitrogen and oxygen atoms in total. The summed E-state index contributed by atoms with van der Waals surface area (Å²) in [5.41, 5.74) is 8.43. The van der Waals surface area contributed by atoms with Crippen LogP contribution >= 0.6 is 0 Å². The van der Waals surface area contributed by atoms with E-state index in [0.29, 0.717) is 12.5 Å². The van der Waals surface area contributed by atoms with Gasteiger partial charge in [0.25, 0.3) is 0 Å². The van der Waals surface area contributed by atoms with Crippen LogP contribution in [0.1, 0.15) is 17.9 Å². The second kappa shape index (κ2) is 4.54. The molecular weight excluding hydrogens is 196 g/mol. The Morgan fingerprint density at radius 3 is 2.88 bits per heavy atom. The summed E-state index contributed by atoms with van der Waals surface area (Å²) in [6.45, 7) is 4.47. The Morgan fingerprint density at radius 2 is 2.19 bits per heavy atom. The largest absolute Gasteiger partial charge is 0.350 e. The number of hydrogen-bond acceptors (Lipinski definition) is 1. The van der Waals surface area contributed by atoms with Crippen molar-refractivity contribution in [2.24, 2.45) is 12.8 Å². The minimum absolute atomic E-state index is 0.378. The van der Waals surface area contributed by atoms with Crippen LogP contribution in [-0.2, 0) is 7.05 Å². The number of allylic oxidation sites excluding steroid dienone is 1. The van der Waals surface area contributed by atoms with Crippen molar-refractivity contribution >= 4 is 10.9 Å². The first-order chi connectivity index (χ1) is 7.77. The van der Waals surface area contributed by atoms with Gasteiger partial charge in [-0.05, 0) is 24.6 Å². The van der Waals surface area contributed by atoms with Gasteiger partial charge in [-0.25, -0.2) is 0 Å². The van der Waals surface area contributed by atoms with Gasteiger partial charge in [-0.2, -0.15) is 0 Å². The molecule has 1 atom stereocenters. The number of hydrogen-bond donors (Lipinski definition) is 1. The normalized spacial score (nSPS) is 12.9. The molecule has 84 valence electrons. The third-order valence-electron chi connectivity index (χ3n) is 3.10. The molecule has 2 N–H and O–H groups in total. The molecule has 0 aliphatic carbocycles. The highest BCUT2D eigenvalue weighted by Crippen LogP contribution is 2.28. The molecule has 1 heterocycles. The summed E-state index contributed by atoms with van der Waals surface area (Å²) in [6.07, 6.45) is 5.06. The van der Waals surface area contributed by atoms with Crippen LogP contribution in [0.2, 0.25) is 0 Å². The number of benzene rings is 1. The lowest BCUT2D eigenvalue weighted by Crippen LogP contribution is -2.11. The average Bonchev–Trinajstić information content (AvgIpc) is 2.65. The van der Waals surface area contributed by atoms with E-state index in [4.69, 9.17) is 5.73 Å². The molecule has 1 aromatic heterocycles. The lowest BCUT2D eigenvalue weighted by molar-refractivity contribution is 0.712. The fourth-order valence-electron chi connectivity index (χ4n) is 2.25. The molecule has 1 unspecified atom stereocenters. The Morgan fingerprint density at radius 1 is 1.44 bits per heavy atom. The van der Waals surface area contributed by atoms with E-state index in [9.17, 15) is 0 Å². The molecule has 2 rings (SSSR count). The number of rotatable bonds is 4. The van der Waals surface area contributed by atoms with Crippen molar-refractivity contribution in [1.82, 2.24) is 4.57 Å². The SMILES string of the molecule is C=CCC(CN)c1cn(C)c2ccccc12. The Labute approximate surface area is 96.4 Å². The van der Waals surface area contributed by atoms with E-state index in [2.05, 4.69) is 48.7 Å². The Bertz CT molecular complexity index is 496. The standard InChI is InChI=1S/C14H18N2/c1-3-6-11(9-15)13-10-16(2)14-8-5-4-7-12(13)14/h3-5,7-8,10-11H,1,6,9,15H2,2H3. The molecule has 0 spiro atoms. The van der Waals surface area contributed by atoms with Gasteiger partial charge < -0.3 is 10.3 Å². The summed E-state index contributed by atoms with van der Waals surface area (Å²) < 4.78 is 2.16. The third-order valence-corrected chi connectivity index (χ3v) is 3.10. The molecule has 2 aromatic rings. The lowest BCUT2D eigenvalue weighted by atomic mass is 9.95. The van der Waals surface area contributed by atoms with Crippen LogP contribution < -0.4 is 5.73 Å². The van der Waals surface area contributed by atoms with Gasteiger partial charge in [-0.15, -0.1) is 6.58 Å². The maximum Gasteiger partial charge on any atom is 0.0480 e. The molecule has 0 amide bonds. The van der Waals surface area contributed by atoms with Crippen molar-refractivity contribution in [3.05, 3.63) is 48.7 Å². The third kappa shape index (κ3) is 1.76. The first-order valence-corrected chi connectivity index (χ1v) is 5.62. The van der Waals surface area contributed by atoms with Crippen LogP contribution in [0.3, 0.4) is 0 Å². The van der Waals surface area contributed by atoms with E-state index >= 15 is 0 Å². The monoisotopic (exact) mass is 214 g/mol. The summed E-state index contributed by atoms with van der Waals surface area (Å²) in [7, 11) is 2.08. The summed E-state index contributed by atoms with van der Waals surface area (Å²) in [5, 5.41) is 1.31. The van der Waals surface area contributed by atoms with Gasteiger partial charge in [-0.3, -0.25) is 0 Å². The first kappa shape index (κ1) is 11.0. The molecule has 16 heavy (non-hydrogen) atoms. The minimum atomic E-state index is 0.378. The molecule has 0 fully saturated rings. The predicted molar refractivity (Wildman–Crippen MR) is 69.5 cm³/mol. The van der Waals surface area contributed by atoms with Crippen LogP contribution in [0.15, 0.2) is 43.1 Å². The fourth-order valence-corrected chi connectivity index (χ4v) is 2.25. The van der Waals surface area contributed by atoms with Gasteiger partial charge in [0, 0.05) is 30.1 Å². The fraction of sp³-hybridized carbons (Fsp3) is 0.286. The number of para-hydroxylation sites is 1. The van der Waals surface area contributed by atoms with E-state index in [0.717, 1.165) is 6.42 Å². The van der Waals surface area contributed by atoms with Gasteiger partial charge in [0.1, 0.15) is 0 Å². The number of aryl methyl sites for hydroxylation is 1. The average molecular weight is 214 g/mol. The van der Waals surface area contributed by atoms with Crippen molar-refractivity contribution in [3.63, 3.8) is 0 Å². The van der Waals surface area contributed by atoms with Crippen LogP contribution in [0.25, 0.3) is 10.9 Å². The van der Waals surface area contributed by atoms with Crippen molar-refractivity contribution in [2.45, 2.75) is 12.3 Å². The van der Waals surface area contributed by atoms with E-state index in [1.807, 2.05) is 6.08 Å². The molecule has 0 bridgehead atoms. The number of fused-ring (bicyclic) bond motifs is 1. The predicted octanol–water partition coefficient (Wildman–Crippen LogP) is 2.80. The Hall–Kier alpha value is -1.54. The number of aromatic nitrogens is 1. The second-order valence-electron chi connectivity index (χ2n) is 4.17. The first-order valence-electron chi connectivity index (χ1n) is 5.62. The van der Waals surface area contributed by atoms with Gasteiger partial charge >= 0.3 is 0 Å². The zero-order chi connectivity index (χ0) is 11.5. The van der Waals surface area contributed by atoms with Gasteiger partial charge in [0.05, 0.1) is 0 Å². The topological polar surface area (TPSA) is 30.9 Å². The molecule has 0 aliphatic heterocycles. The molecule has 1 aromatic carbocycles. The molecular formula is C14H18N2. The molecule has 0 saturated heterocycles. The Balaban J connectivity index is 2.55. The smallest absolute Gasteiger partial charge is 0.0480 e. The van der Waals surface area contributed by atoms with Gasteiger partial charge in [-0.1, -0.05) is 24.3 Å². The van der Waals surface area contributed by atoms with Crippen molar-refractivity contribution in [3.8, 4) is 0 Å². The van der Waals surface area contributed by atoms with E-state index in [-0.39, 0.29) is 0 Å². The van der Waals surface area contributed by atoms with E-state index in [1.165, 1.54) is 16.5 Å². The van der Waals surface area contributed by atoms with Crippen molar-refractivity contribution in [1.29, 1.82) is 0 Å².